The number of imidazole rings is 1. The van der Waals surface area contributed by atoms with Crippen molar-refractivity contribution in [3.63, 3.8) is 0 Å². The predicted octanol–water partition coefficient (Wildman–Crippen LogP) is 0.806. The molecule has 0 saturated heterocycles. The Bertz CT molecular complexity index is 579. The second kappa shape index (κ2) is 6.79. The first-order valence-corrected chi connectivity index (χ1v) is 7.42. The molecule has 0 aliphatic heterocycles. The first kappa shape index (κ1) is 14.2. The van der Waals surface area contributed by atoms with Gasteiger partial charge < -0.3 is 15.2 Å². The maximum atomic E-state index is 11.8. The number of aliphatic hydroxyl groups is 2. The molecule has 1 heterocycles. The van der Waals surface area contributed by atoms with Gasteiger partial charge >= 0.3 is 5.69 Å². The molecule has 5 nitrogen and oxygen atoms in total. The van der Waals surface area contributed by atoms with Crippen LogP contribution in [0.4, 0.5) is 0 Å². The van der Waals surface area contributed by atoms with Crippen LogP contribution in [0.1, 0.15) is 6.42 Å². The van der Waals surface area contributed by atoms with Gasteiger partial charge in [-0.15, -0.1) is 0 Å². The summed E-state index contributed by atoms with van der Waals surface area (Å²) in [5, 5.41) is 17.9. The molecule has 2 aromatic rings. The van der Waals surface area contributed by atoms with Crippen molar-refractivity contribution in [1.82, 2.24) is 9.55 Å². The van der Waals surface area contributed by atoms with Gasteiger partial charge in [0.25, 0.3) is 0 Å². The van der Waals surface area contributed by atoms with Crippen LogP contribution >= 0.6 is 11.8 Å². The summed E-state index contributed by atoms with van der Waals surface area (Å²) in [5.74, 6) is 1.38. The van der Waals surface area contributed by atoms with Crippen molar-refractivity contribution < 1.29 is 10.2 Å². The van der Waals surface area contributed by atoms with Crippen LogP contribution in [0.2, 0.25) is 0 Å². The number of hydrogen-bond donors (Lipinski definition) is 3. The molecule has 1 unspecified atom stereocenters. The van der Waals surface area contributed by atoms with Gasteiger partial charge in [0.1, 0.15) is 0 Å². The third-order valence-corrected chi connectivity index (χ3v) is 4.07. The Hall–Kier alpha value is -1.24. The predicted molar refractivity (Wildman–Crippen MR) is 77.6 cm³/mol. The largest absolute Gasteiger partial charge is 0.394 e. The number of thioether (sulfide) groups is 1. The van der Waals surface area contributed by atoms with E-state index in [1.54, 1.807) is 16.3 Å². The van der Waals surface area contributed by atoms with Crippen LogP contribution < -0.4 is 5.69 Å². The first-order chi connectivity index (χ1) is 9.22. The molecule has 0 aliphatic carbocycles. The minimum absolute atomic E-state index is 0.0819. The Morgan fingerprint density at radius 2 is 2.16 bits per heavy atom. The Balaban J connectivity index is 1.88. The van der Waals surface area contributed by atoms with Crippen LogP contribution in [0.5, 0.6) is 0 Å². The molecule has 3 N–H and O–H groups in total. The molecule has 1 aromatic carbocycles. The molecule has 1 atom stereocenters. The number of aryl methyl sites for hydroxylation is 1. The standard InChI is InChI=1S/C13H18N2O3S/c16-8-10(17)9-19-7-3-6-15-12-5-2-1-4-11(12)14-13(15)18/h1-2,4-5,10,16-17H,3,6-9H2,(H,14,18). The quantitative estimate of drug-likeness (QED) is 0.657. The number of benzene rings is 1. The van der Waals surface area contributed by atoms with Gasteiger partial charge in [0.05, 0.1) is 23.7 Å². The van der Waals surface area contributed by atoms with E-state index in [1.165, 1.54) is 0 Å². The van der Waals surface area contributed by atoms with Gasteiger partial charge in [-0.2, -0.15) is 11.8 Å². The number of nitrogens with zero attached hydrogens (tertiary/aromatic N) is 1. The van der Waals surface area contributed by atoms with Gasteiger partial charge in [-0.3, -0.25) is 4.57 Å². The molecule has 0 fully saturated rings. The molecule has 0 aliphatic rings. The lowest BCUT2D eigenvalue weighted by molar-refractivity contribution is 0.113. The average Bonchev–Trinajstić information content (AvgIpc) is 2.74. The third kappa shape index (κ3) is 3.62. The number of fused-ring (bicyclic) bond motifs is 1. The zero-order chi connectivity index (χ0) is 13.7. The summed E-state index contributed by atoms with van der Waals surface area (Å²) in [6.45, 7) is 0.458. The van der Waals surface area contributed by atoms with E-state index in [4.69, 9.17) is 5.11 Å². The maximum absolute atomic E-state index is 11.8. The molecule has 0 spiro atoms. The molecular weight excluding hydrogens is 264 g/mol. The molecule has 6 heteroatoms. The molecule has 0 radical (unpaired) electrons. The summed E-state index contributed by atoms with van der Waals surface area (Å²) in [5.41, 5.74) is 1.70. The van der Waals surface area contributed by atoms with E-state index in [9.17, 15) is 9.90 Å². The lowest BCUT2D eigenvalue weighted by atomic mass is 10.3. The highest BCUT2D eigenvalue weighted by Gasteiger charge is 2.06. The fourth-order valence-electron chi connectivity index (χ4n) is 1.93. The number of para-hydroxylation sites is 2. The van der Waals surface area contributed by atoms with Crippen LogP contribution in [0.3, 0.4) is 0 Å². The monoisotopic (exact) mass is 282 g/mol. The minimum Gasteiger partial charge on any atom is -0.394 e. The molecule has 2 rings (SSSR count). The first-order valence-electron chi connectivity index (χ1n) is 6.26. The molecule has 19 heavy (non-hydrogen) atoms. The van der Waals surface area contributed by atoms with Gasteiger partial charge in [0.15, 0.2) is 0 Å². The molecule has 1 aromatic heterocycles. The number of H-pyrrole nitrogens is 1. The van der Waals surface area contributed by atoms with Gasteiger partial charge in [-0.1, -0.05) is 12.1 Å². The second-order valence-electron chi connectivity index (χ2n) is 4.36. The lowest BCUT2D eigenvalue weighted by Gasteiger charge is -2.06. The van der Waals surface area contributed by atoms with Crippen LogP contribution in [0.25, 0.3) is 11.0 Å². The number of aromatic amines is 1. The van der Waals surface area contributed by atoms with E-state index in [-0.39, 0.29) is 12.3 Å². The fraction of sp³-hybridized carbons (Fsp3) is 0.462. The Kier molecular flexibility index (Phi) is 5.07. The number of aliphatic hydroxyl groups excluding tert-OH is 2. The van der Waals surface area contributed by atoms with Crippen molar-refractivity contribution >= 4 is 22.8 Å². The average molecular weight is 282 g/mol. The lowest BCUT2D eigenvalue weighted by Crippen LogP contribution is -2.18. The summed E-state index contributed by atoms with van der Waals surface area (Å²) < 4.78 is 1.73. The Labute approximate surface area is 115 Å². The number of rotatable bonds is 7. The second-order valence-corrected chi connectivity index (χ2v) is 5.51. The van der Waals surface area contributed by atoms with Gasteiger partial charge in [0, 0.05) is 12.3 Å². The number of hydrogen-bond acceptors (Lipinski definition) is 4. The summed E-state index contributed by atoms with van der Waals surface area (Å²) in [4.78, 5) is 14.6. The van der Waals surface area contributed by atoms with Gasteiger partial charge in [-0.05, 0) is 24.3 Å². The Morgan fingerprint density at radius 1 is 1.37 bits per heavy atom. The topological polar surface area (TPSA) is 78.2 Å². The molecule has 0 amide bonds. The highest BCUT2D eigenvalue weighted by atomic mass is 32.2. The summed E-state index contributed by atoms with van der Waals surface area (Å²) >= 11 is 1.58. The van der Waals surface area contributed by atoms with E-state index < -0.39 is 6.10 Å². The minimum atomic E-state index is -0.652. The van der Waals surface area contributed by atoms with E-state index >= 15 is 0 Å². The normalized spacial score (nSPS) is 12.9. The smallest absolute Gasteiger partial charge is 0.326 e. The summed E-state index contributed by atoms with van der Waals surface area (Å²) in [6, 6.07) is 7.63. The van der Waals surface area contributed by atoms with Crippen molar-refractivity contribution in [2.45, 2.75) is 19.1 Å². The van der Waals surface area contributed by atoms with Crippen molar-refractivity contribution in [3.05, 3.63) is 34.7 Å². The fourth-order valence-corrected chi connectivity index (χ4v) is 2.80. The molecule has 104 valence electrons. The number of aromatic nitrogens is 2. The van der Waals surface area contributed by atoms with E-state index in [2.05, 4.69) is 4.98 Å². The van der Waals surface area contributed by atoms with E-state index in [0.29, 0.717) is 12.3 Å². The SMILES string of the molecule is O=c1[nH]c2ccccc2n1CCCSCC(O)CO. The van der Waals surface area contributed by atoms with Gasteiger partial charge in [0.2, 0.25) is 0 Å². The molecular formula is C13H18N2O3S. The van der Waals surface area contributed by atoms with Crippen LogP contribution in [0, 0.1) is 0 Å². The van der Waals surface area contributed by atoms with Crippen LogP contribution in [-0.2, 0) is 6.54 Å². The summed E-state index contributed by atoms with van der Waals surface area (Å²) in [6.07, 6.45) is 0.200. The van der Waals surface area contributed by atoms with E-state index in [0.717, 1.165) is 23.2 Å². The van der Waals surface area contributed by atoms with Crippen LogP contribution in [-0.4, -0.2) is 44.0 Å². The summed E-state index contributed by atoms with van der Waals surface area (Å²) in [7, 11) is 0. The zero-order valence-corrected chi connectivity index (χ0v) is 11.4. The molecule has 0 saturated carbocycles. The van der Waals surface area contributed by atoms with Crippen LogP contribution in [0.15, 0.2) is 29.1 Å². The third-order valence-electron chi connectivity index (χ3n) is 2.87. The Morgan fingerprint density at radius 3 is 2.95 bits per heavy atom. The van der Waals surface area contributed by atoms with Crippen molar-refractivity contribution in [2.24, 2.45) is 0 Å². The highest BCUT2D eigenvalue weighted by molar-refractivity contribution is 7.99. The van der Waals surface area contributed by atoms with Crippen molar-refractivity contribution in [2.75, 3.05) is 18.1 Å². The zero-order valence-electron chi connectivity index (χ0n) is 10.6. The van der Waals surface area contributed by atoms with Crippen molar-refractivity contribution in [3.8, 4) is 0 Å². The van der Waals surface area contributed by atoms with E-state index in [1.807, 2.05) is 24.3 Å². The van der Waals surface area contributed by atoms with Crippen molar-refractivity contribution in [1.29, 1.82) is 0 Å². The highest BCUT2D eigenvalue weighted by Crippen LogP contribution is 2.11. The van der Waals surface area contributed by atoms with Gasteiger partial charge in [-0.25, -0.2) is 4.79 Å². The molecule has 0 bridgehead atoms. The maximum Gasteiger partial charge on any atom is 0.326 e. The number of nitrogens with one attached hydrogen (secondary N) is 1.